The topological polar surface area (TPSA) is 89.3 Å². The molecule has 1 fully saturated rings. The van der Waals surface area contributed by atoms with Crippen molar-refractivity contribution in [2.45, 2.75) is 58.5 Å². The maximum absolute atomic E-state index is 11.8. The fourth-order valence-electron chi connectivity index (χ4n) is 2.42. The Balaban J connectivity index is 2.32. The molecule has 0 bridgehead atoms. The van der Waals surface area contributed by atoms with Crippen molar-refractivity contribution in [3.63, 3.8) is 0 Å². The first kappa shape index (κ1) is 16.4. The molecule has 0 spiro atoms. The van der Waals surface area contributed by atoms with E-state index in [4.69, 9.17) is 5.73 Å². The molecular weight excluding hydrogens is 264 g/mol. The Kier molecular flexibility index (Phi) is 5.38. The number of carbonyl (C=O) groups is 1. The number of sulfone groups is 1. The average Bonchev–Trinajstić information content (AvgIpc) is 2.18. The van der Waals surface area contributed by atoms with E-state index in [1.165, 1.54) is 0 Å². The molecule has 0 radical (unpaired) electrons. The molecule has 0 aromatic rings. The first-order chi connectivity index (χ1) is 8.57. The summed E-state index contributed by atoms with van der Waals surface area (Å²) in [4.78, 5) is 11.8. The quantitative estimate of drug-likeness (QED) is 0.802. The normalized spacial score (nSPS) is 21.9. The molecule has 1 saturated heterocycles. The van der Waals surface area contributed by atoms with Crippen LogP contribution < -0.4 is 11.1 Å². The lowest BCUT2D eigenvalue weighted by Gasteiger charge is -2.25. The Morgan fingerprint density at radius 2 is 1.84 bits per heavy atom. The fraction of sp³-hybridized carbons (Fsp3) is 0.923. The van der Waals surface area contributed by atoms with Gasteiger partial charge in [0, 0.05) is 18.5 Å². The second kappa shape index (κ2) is 6.22. The van der Waals surface area contributed by atoms with Crippen molar-refractivity contribution >= 4 is 15.7 Å². The van der Waals surface area contributed by atoms with Crippen LogP contribution in [0.5, 0.6) is 0 Å². The number of carbonyl (C=O) groups excluding carboxylic acids is 1. The lowest BCUT2D eigenvalue weighted by Crippen LogP contribution is -2.43. The summed E-state index contributed by atoms with van der Waals surface area (Å²) in [6.07, 6.45) is 2.13. The molecule has 1 amide bonds. The van der Waals surface area contributed by atoms with E-state index in [1.54, 1.807) is 0 Å². The molecular formula is C13H26N2O3S. The third kappa shape index (κ3) is 6.92. The first-order valence-corrected chi connectivity index (χ1v) is 8.65. The van der Waals surface area contributed by atoms with Crippen molar-refractivity contribution in [3.8, 4) is 0 Å². The number of hydrogen-bond donors (Lipinski definition) is 2. The number of amides is 1. The summed E-state index contributed by atoms with van der Waals surface area (Å²) in [6, 6.07) is -0.162. The number of nitrogens with two attached hydrogens (primary N) is 1. The smallest absolute Gasteiger partial charge is 0.221 e. The maximum atomic E-state index is 11.8. The minimum absolute atomic E-state index is 0.0159. The van der Waals surface area contributed by atoms with E-state index < -0.39 is 9.84 Å². The summed E-state index contributed by atoms with van der Waals surface area (Å²) >= 11 is 0. The fourth-order valence-corrected chi connectivity index (χ4v) is 3.91. The Morgan fingerprint density at radius 1 is 1.32 bits per heavy atom. The van der Waals surface area contributed by atoms with Crippen LogP contribution in [0.2, 0.25) is 0 Å². The maximum Gasteiger partial charge on any atom is 0.221 e. The SMILES string of the molecule is CC(C)(C)CC(N)CC(=O)NC1CCS(=O)(=O)CC1. The summed E-state index contributed by atoms with van der Waals surface area (Å²) in [5.41, 5.74) is 6.06. The Morgan fingerprint density at radius 3 is 2.32 bits per heavy atom. The highest BCUT2D eigenvalue weighted by Gasteiger charge is 2.25. The molecule has 0 saturated carbocycles. The van der Waals surface area contributed by atoms with E-state index >= 15 is 0 Å². The third-order valence-electron chi connectivity index (χ3n) is 3.24. The van der Waals surface area contributed by atoms with Gasteiger partial charge in [-0.25, -0.2) is 8.42 Å². The van der Waals surface area contributed by atoms with Crippen molar-refractivity contribution in [1.29, 1.82) is 0 Å². The summed E-state index contributed by atoms with van der Waals surface area (Å²) in [7, 11) is -2.87. The van der Waals surface area contributed by atoms with Gasteiger partial charge >= 0.3 is 0 Å². The molecule has 6 heteroatoms. The Bertz CT molecular complexity index is 398. The average molecular weight is 290 g/mol. The second-order valence-corrected chi connectivity index (χ2v) is 9.03. The predicted molar refractivity (Wildman–Crippen MR) is 76.5 cm³/mol. The van der Waals surface area contributed by atoms with Crippen LogP contribution in [0.4, 0.5) is 0 Å². The standard InChI is InChI=1S/C13H26N2O3S/c1-13(2,3)9-10(14)8-12(16)15-11-4-6-19(17,18)7-5-11/h10-11H,4-9,14H2,1-3H3,(H,15,16). The van der Waals surface area contributed by atoms with Gasteiger partial charge in [-0.15, -0.1) is 0 Å². The molecule has 1 unspecified atom stereocenters. The van der Waals surface area contributed by atoms with Crippen molar-refractivity contribution in [3.05, 3.63) is 0 Å². The van der Waals surface area contributed by atoms with Gasteiger partial charge in [0.25, 0.3) is 0 Å². The summed E-state index contributed by atoms with van der Waals surface area (Å²) in [5.74, 6) is 0.277. The molecule has 5 nitrogen and oxygen atoms in total. The van der Waals surface area contributed by atoms with E-state index in [2.05, 4.69) is 26.1 Å². The van der Waals surface area contributed by atoms with Crippen molar-refractivity contribution in [1.82, 2.24) is 5.32 Å². The highest BCUT2D eigenvalue weighted by atomic mass is 32.2. The largest absolute Gasteiger partial charge is 0.353 e. The van der Waals surface area contributed by atoms with Gasteiger partial charge in [-0.05, 0) is 24.7 Å². The van der Waals surface area contributed by atoms with Gasteiger partial charge in [-0.3, -0.25) is 4.79 Å². The van der Waals surface area contributed by atoms with Crippen molar-refractivity contribution < 1.29 is 13.2 Å². The second-order valence-electron chi connectivity index (χ2n) is 6.72. The molecule has 0 aliphatic carbocycles. The number of hydrogen-bond acceptors (Lipinski definition) is 4. The zero-order valence-electron chi connectivity index (χ0n) is 12.1. The lowest BCUT2D eigenvalue weighted by atomic mass is 9.87. The van der Waals surface area contributed by atoms with Gasteiger partial charge in [-0.1, -0.05) is 20.8 Å². The van der Waals surface area contributed by atoms with E-state index in [0.717, 1.165) is 6.42 Å². The van der Waals surface area contributed by atoms with E-state index in [-0.39, 0.29) is 34.9 Å². The van der Waals surface area contributed by atoms with Gasteiger partial charge in [0.05, 0.1) is 11.5 Å². The highest BCUT2D eigenvalue weighted by molar-refractivity contribution is 7.91. The summed E-state index contributed by atoms with van der Waals surface area (Å²) in [5, 5.41) is 2.89. The number of rotatable bonds is 4. The van der Waals surface area contributed by atoms with Crippen LogP contribution in [0.1, 0.15) is 46.5 Å². The predicted octanol–water partition coefficient (Wildman–Crippen LogP) is 0.833. The lowest BCUT2D eigenvalue weighted by molar-refractivity contribution is -0.122. The number of nitrogens with one attached hydrogen (secondary N) is 1. The van der Waals surface area contributed by atoms with Crippen molar-refractivity contribution in [2.75, 3.05) is 11.5 Å². The molecule has 1 heterocycles. The van der Waals surface area contributed by atoms with Crippen LogP contribution in [0.15, 0.2) is 0 Å². The van der Waals surface area contributed by atoms with Crippen LogP contribution in [0, 0.1) is 5.41 Å². The van der Waals surface area contributed by atoms with Gasteiger partial charge < -0.3 is 11.1 Å². The van der Waals surface area contributed by atoms with E-state index in [1.807, 2.05) is 0 Å². The highest BCUT2D eigenvalue weighted by Crippen LogP contribution is 2.21. The van der Waals surface area contributed by atoms with Crippen LogP contribution in [0.3, 0.4) is 0 Å². The minimum atomic E-state index is -2.87. The Hall–Kier alpha value is -0.620. The zero-order valence-corrected chi connectivity index (χ0v) is 12.9. The Labute approximate surface area is 116 Å². The third-order valence-corrected chi connectivity index (χ3v) is 4.96. The molecule has 112 valence electrons. The van der Waals surface area contributed by atoms with Crippen LogP contribution in [-0.2, 0) is 14.6 Å². The monoisotopic (exact) mass is 290 g/mol. The van der Waals surface area contributed by atoms with Gasteiger partial charge in [0.2, 0.25) is 5.91 Å². The molecule has 0 aromatic heterocycles. The van der Waals surface area contributed by atoms with E-state index in [9.17, 15) is 13.2 Å². The van der Waals surface area contributed by atoms with E-state index in [0.29, 0.717) is 19.3 Å². The van der Waals surface area contributed by atoms with Crippen LogP contribution >= 0.6 is 0 Å². The van der Waals surface area contributed by atoms with Gasteiger partial charge in [0.15, 0.2) is 0 Å². The van der Waals surface area contributed by atoms with Crippen LogP contribution in [-0.4, -0.2) is 37.9 Å². The van der Waals surface area contributed by atoms with Crippen molar-refractivity contribution in [2.24, 2.45) is 11.1 Å². The molecule has 3 N–H and O–H groups in total. The summed E-state index contributed by atoms with van der Waals surface area (Å²) < 4.78 is 22.6. The summed E-state index contributed by atoms with van der Waals surface area (Å²) in [6.45, 7) is 6.28. The zero-order chi connectivity index (χ0) is 14.7. The van der Waals surface area contributed by atoms with Crippen LogP contribution in [0.25, 0.3) is 0 Å². The molecule has 19 heavy (non-hydrogen) atoms. The molecule has 1 rings (SSSR count). The van der Waals surface area contributed by atoms with Gasteiger partial charge in [-0.2, -0.15) is 0 Å². The molecule has 0 aromatic carbocycles. The molecule has 1 aliphatic rings. The molecule has 1 aliphatic heterocycles. The molecule has 1 atom stereocenters. The minimum Gasteiger partial charge on any atom is -0.353 e. The first-order valence-electron chi connectivity index (χ1n) is 6.83. The van der Waals surface area contributed by atoms with Gasteiger partial charge in [0.1, 0.15) is 9.84 Å².